The Bertz CT molecular complexity index is 485. The smallest absolute Gasteiger partial charge is 0.142 e. The summed E-state index contributed by atoms with van der Waals surface area (Å²) < 4.78 is 10.8. The molecule has 1 rings (SSSR count). The van der Waals surface area contributed by atoms with Crippen LogP contribution in [0.25, 0.3) is 6.08 Å². The van der Waals surface area contributed by atoms with E-state index in [0.29, 0.717) is 12.4 Å². The number of allylic oxidation sites excluding steroid dienone is 4. The van der Waals surface area contributed by atoms with Crippen molar-refractivity contribution in [3.05, 3.63) is 54.1 Å². The summed E-state index contributed by atoms with van der Waals surface area (Å²) >= 11 is 0. The van der Waals surface area contributed by atoms with Gasteiger partial charge in [-0.25, -0.2) is 0 Å². The zero-order valence-corrected chi connectivity index (χ0v) is 11.2. The SMILES string of the molecule is C/C=C/C=C/COc1ccc(OC)cc1/C=C/C=O. The Hall–Kier alpha value is -2.29. The molecule has 0 aliphatic rings. The average Bonchev–Trinajstić information content (AvgIpc) is 2.45. The Labute approximate surface area is 113 Å². The lowest BCUT2D eigenvalue weighted by Gasteiger charge is -2.09. The molecule has 0 heterocycles. The molecule has 19 heavy (non-hydrogen) atoms. The number of carbonyl (C=O) groups excluding carboxylic acids is 1. The Morgan fingerprint density at radius 1 is 1.21 bits per heavy atom. The number of benzene rings is 1. The van der Waals surface area contributed by atoms with Gasteiger partial charge >= 0.3 is 0 Å². The topological polar surface area (TPSA) is 35.5 Å². The molecular formula is C16H18O3. The molecule has 0 radical (unpaired) electrons. The lowest BCUT2D eigenvalue weighted by Crippen LogP contribution is -1.96. The summed E-state index contributed by atoms with van der Waals surface area (Å²) in [5.74, 6) is 1.44. The molecule has 0 fully saturated rings. The third kappa shape index (κ3) is 5.25. The highest BCUT2D eigenvalue weighted by molar-refractivity contribution is 5.75. The van der Waals surface area contributed by atoms with Crippen molar-refractivity contribution in [2.24, 2.45) is 0 Å². The van der Waals surface area contributed by atoms with E-state index in [2.05, 4.69) is 0 Å². The number of hydrogen-bond donors (Lipinski definition) is 0. The minimum atomic E-state index is 0.471. The molecule has 1 aromatic rings. The summed E-state index contributed by atoms with van der Waals surface area (Å²) in [6.45, 7) is 2.43. The Kier molecular flexibility index (Phi) is 6.80. The molecule has 0 aliphatic carbocycles. The molecule has 1 aromatic carbocycles. The van der Waals surface area contributed by atoms with Crippen LogP contribution in [-0.4, -0.2) is 20.0 Å². The Morgan fingerprint density at radius 3 is 2.74 bits per heavy atom. The monoisotopic (exact) mass is 258 g/mol. The summed E-state index contributed by atoms with van der Waals surface area (Å²) in [5.41, 5.74) is 0.811. The van der Waals surface area contributed by atoms with Gasteiger partial charge in [-0.15, -0.1) is 0 Å². The van der Waals surface area contributed by atoms with E-state index in [1.165, 1.54) is 6.08 Å². The Morgan fingerprint density at radius 2 is 2.05 bits per heavy atom. The van der Waals surface area contributed by atoms with Crippen molar-refractivity contribution in [3.63, 3.8) is 0 Å². The quantitative estimate of drug-likeness (QED) is 0.427. The van der Waals surface area contributed by atoms with Crippen molar-refractivity contribution >= 4 is 12.4 Å². The zero-order valence-electron chi connectivity index (χ0n) is 11.2. The highest BCUT2D eigenvalue weighted by atomic mass is 16.5. The van der Waals surface area contributed by atoms with Crippen molar-refractivity contribution in [2.45, 2.75) is 6.92 Å². The van der Waals surface area contributed by atoms with Gasteiger partial charge in [-0.2, -0.15) is 0 Å². The van der Waals surface area contributed by atoms with Gasteiger partial charge in [0.15, 0.2) is 0 Å². The largest absolute Gasteiger partial charge is 0.497 e. The van der Waals surface area contributed by atoms with Gasteiger partial charge in [-0.1, -0.05) is 18.2 Å². The highest BCUT2D eigenvalue weighted by Gasteiger charge is 2.02. The molecule has 3 heteroatoms. The second-order valence-electron chi connectivity index (χ2n) is 3.66. The first-order valence-electron chi connectivity index (χ1n) is 6.02. The van der Waals surface area contributed by atoms with Gasteiger partial charge in [0.2, 0.25) is 0 Å². The number of ether oxygens (including phenoxy) is 2. The van der Waals surface area contributed by atoms with E-state index >= 15 is 0 Å². The normalized spacial score (nSPS) is 11.5. The number of aldehydes is 1. The summed E-state index contributed by atoms with van der Waals surface area (Å²) in [6.07, 6.45) is 11.6. The van der Waals surface area contributed by atoms with E-state index in [-0.39, 0.29) is 0 Å². The lowest BCUT2D eigenvalue weighted by molar-refractivity contribution is -0.104. The first kappa shape index (κ1) is 14.8. The van der Waals surface area contributed by atoms with Crippen LogP contribution in [0.1, 0.15) is 12.5 Å². The fraction of sp³-hybridized carbons (Fsp3) is 0.188. The molecule has 0 aliphatic heterocycles. The summed E-state index contributed by atoms with van der Waals surface area (Å²) in [6, 6.07) is 5.47. The highest BCUT2D eigenvalue weighted by Crippen LogP contribution is 2.25. The molecule has 0 bridgehead atoms. The van der Waals surface area contributed by atoms with Crippen LogP contribution in [0.5, 0.6) is 11.5 Å². The maximum absolute atomic E-state index is 10.4. The predicted octanol–water partition coefficient (Wildman–Crippen LogP) is 3.42. The van der Waals surface area contributed by atoms with Crippen LogP contribution in [0, 0.1) is 0 Å². The third-order valence-electron chi connectivity index (χ3n) is 2.35. The molecule has 0 atom stereocenters. The van der Waals surface area contributed by atoms with Crippen molar-refractivity contribution in [2.75, 3.05) is 13.7 Å². The molecule has 0 unspecified atom stereocenters. The van der Waals surface area contributed by atoms with Crippen LogP contribution in [0.4, 0.5) is 0 Å². The summed E-state index contributed by atoms with van der Waals surface area (Å²) in [4.78, 5) is 10.4. The van der Waals surface area contributed by atoms with Gasteiger partial charge in [-0.05, 0) is 43.4 Å². The molecule has 3 nitrogen and oxygen atoms in total. The van der Waals surface area contributed by atoms with Crippen LogP contribution < -0.4 is 9.47 Å². The van der Waals surface area contributed by atoms with Gasteiger partial charge in [0.1, 0.15) is 24.4 Å². The van der Waals surface area contributed by atoms with Gasteiger partial charge in [0, 0.05) is 5.56 Å². The van der Waals surface area contributed by atoms with E-state index in [1.54, 1.807) is 13.2 Å². The minimum absolute atomic E-state index is 0.471. The molecule has 0 amide bonds. The standard InChI is InChI=1S/C16H18O3/c1-3-4-5-6-12-19-16-10-9-15(18-2)13-14(16)8-7-11-17/h3-11,13H,12H2,1-2H3/b4-3+,6-5+,8-7+. The first-order chi connectivity index (χ1) is 9.31. The third-order valence-corrected chi connectivity index (χ3v) is 2.35. The van der Waals surface area contributed by atoms with Crippen molar-refractivity contribution in [1.29, 1.82) is 0 Å². The molecule has 0 aromatic heterocycles. The molecule has 100 valence electrons. The van der Waals surface area contributed by atoms with Crippen LogP contribution in [0.15, 0.2) is 48.6 Å². The van der Waals surface area contributed by atoms with Crippen molar-refractivity contribution in [3.8, 4) is 11.5 Å². The van der Waals surface area contributed by atoms with E-state index in [4.69, 9.17) is 9.47 Å². The van der Waals surface area contributed by atoms with E-state index in [9.17, 15) is 4.79 Å². The molecule has 0 spiro atoms. The van der Waals surface area contributed by atoms with Gasteiger partial charge < -0.3 is 9.47 Å². The molecule has 0 saturated heterocycles. The maximum atomic E-state index is 10.4. The lowest BCUT2D eigenvalue weighted by atomic mass is 10.1. The summed E-state index contributed by atoms with van der Waals surface area (Å²) in [7, 11) is 1.60. The molecule has 0 saturated carbocycles. The predicted molar refractivity (Wildman–Crippen MR) is 77.5 cm³/mol. The molecule has 0 N–H and O–H groups in total. The second-order valence-corrected chi connectivity index (χ2v) is 3.66. The average molecular weight is 258 g/mol. The van der Waals surface area contributed by atoms with Crippen LogP contribution in [-0.2, 0) is 4.79 Å². The van der Waals surface area contributed by atoms with E-state index < -0.39 is 0 Å². The van der Waals surface area contributed by atoms with Crippen LogP contribution >= 0.6 is 0 Å². The first-order valence-corrected chi connectivity index (χ1v) is 6.02. The zero-order chi connectivity index (χ0) is 13.9. The van der Waals surface area contributed by atoms with Gasteiger partial charge in [-0.3, -0.25) is 4.79 Å². The number of rotatable bonds is 7. The van der Waals surface area contributed by atoms with E-state index in [0.717, 1.165) is 17.6 Å². The van der Waals surface area contributed by atoms with Crippen LogP contribution in [0.3, 0.4) is 0 Å². The summed E-state index contributed by atoms with van der Waals surface area (Å²) in [5, 5.41) is 0. The fourth-order valence-corrected chi connectivity index (χ4v) is 1.44. The Balaban J connectivity index is 2.80. The number of carbonyl (C=O) groups is 1. The van der Waals surface area contributed by atoms with Gasteiger partial charge in [0.25, 0.3) is 0 Å². The van der Waals surface area contributed by atoms with E-state index in [1.807, 2.05) is 49.4 Å². The van der Waals surface area contributed by atoms with Crippen molar-refractivity contribution < 1.29 is 14.3 Å². The number of hydrogen-bond acceptors (Lipinski definition) is 3. The van der Waals surface area contributed by atoms with Crippen LogP contribution in [0.2, 0.25) is 0 Å². The minimum Gasteiger partial charge on any atom is -0.497 e. The maximum Gasteiger partial charge on any atom is 0.142 e. The molecular weight excluding hydrogens is 240 g/mol. The number of methoxy groups -OCH3 is 1. The van der Waals surface area contributed by atoms with Crippen molar-refractivity contribution in [1.82, 2.24) is 0 Å². The fourth-order valence-electron chi connectivity index (χ4n) is 1.44. The second kappa shape index (κ2) is 8.75. The van der Waals surface area contributed by atoms with Gasteiger partial charge in [0.05, 0.1) is 7.11 Å².